The van der Waals surface area contributed by atoms with Crippen LogP contribution in [0, 0.1) is 0 Å². The van der Waals surface area contributed by atoms with Crippen LogP contribution in [0.1, 0.15) is 29.3 Å². The van der Waals surface area contributed by atoms with Gasteiger partial charge in [-0.2, -0.15) is 0 Å². The van der Waals surface area contributed by atoms with Crippen LogP contribution in [0.2, 0.25) is 0 Å². The molecule has 0 bridgehead atoms. The van der Waals surface area contributed by atoms with Crippen molar-refractivity contribution in [3.05, 3.63) is 59.7 Å². The first-order valence-electron chi connectivity index (χ1n) is 8.00. The molecule has 0 spiro atoms. The average Bonchev–Trinajstić information content (AvgIpc) is 2.58. The predicted octanol–water partition coefficient (Wildman–Crippen LogP) is 2.06. The van der Waals surface area contributed by atoms with E-state index in [2.05, 4.69) is 0 Å². The molecule has 7 heteroatoms. The smallest absolute Gasteiger partial charge is 0.338 e. The molecule has 0 heterocycles. The van der Waals surface area contributed by atoms with E-state index in [1.165, 1.54) is 18.2 Å². The van der Waals surface area contributed by atoms with Gasteiger partial charge < -0.3 is 25.8 Å². The lowest BCUT2D eigenvalue weighted by molar-refractivity contribution is -0.144. The van der Waals surface area contributed by atoms with Gasteiger partial charge >= 0.3 is 11.9 Å². The van der Waals surface area contributed by atoms with Crippen molar-refractivity contribution < 1.29 is 29.6 Å². The molecule has 5 N–H and O–H groups in total. The van der Waals surface area contributed by atoms with Gasteiger partial charge in [-0.1, -0.05) is 24.3 Å². The summed E-state index contributed by atoms with van der Waals surface area (Å²) in [5, 5.41) is 28.4. The number of esters is 1. The Labute approximate surface area is 150 Å². The molecule has 7 nitrogen and oxygen atoms in total. The summed E-state index contributed by atoms with van der Waals surface area (Å²) in [6.07, 6.45) is -0.971. The number of aliphatic carboxylic acids is 1. The molecular weight excluding hydrogens is 338 g/mol. The number of aromatic hydroxyl groups is 2. The highest BCUT2D eigenvalue weighted by Crippen LogP contribution is 2.28. The van der Waals surface area contributed by atoms with Crippen molar-refractivity contribution in [1.29, 1.82) is 0 Å². The van der Waals surface area contributed by atoms with Gasteiger partial charge in [0.15, 0.2) is 11.5 Å². The van der Waals surface area contributed by atoms with Crippen LogP contribution in [0.3, 0.4) is 0 Å². The number of carboxylic acids is 1. The van der Waals surface area contributed by atoms with Crippen LogP contribution in [0.15, 0.2) is 48.5 Å². The normalized spacial score (nSPS) is 14.2. The van der Waals surface area contributed by atoms with E-state index in [9.17, 15) is 24.9 Å². The van der Waals surface area contributed by atoms with Gasteiger partial charge in [0.05, 0.1) is 5.56 Å². The molecule has 0 saturated carbocycles. The fourth-order valence-electron chi connectivity index (χ4n) is 2.66. The second-order valence-electron chi connectivity index (χ2n) is 6.25. The number of hydrogen-bond donors (Lipinski definition) is 4. The van der Waals surface area contributed by atoms with Crippen LogP contribution in [-0.4, -0.2) is 38.9 Å². The lowest BCUT2D eigenvalue weighted by atomic mass is 9.86. The van der Waals surface area contributed by atoms with E-state index in [1.807, 2.05) is 0 Å². The molecule has 26 heavy (non-hydrogen) atoms. The summed E-state index contributed by atoms with van der Waals surface area (Å²) < 4.78 is 5.29. The third-order valence-electron chi connectivity index (χ3n) is 3.95. The maximum absolute atomic E-state index is 12.1. The van der Waals surface area contributed by atoms with Crippen molar-refractivity contribution in [2.75, 3.05) is 0 Å². The van der Waals surface area contributed by atoms with Gasteiger partial charge in [-0.15, -0.1) is 0 Å². The minimum Gasteiger partial charge on any atom is -0.504 e. The summed E-state index contributed by atoms with van der Waals surface area (Å²) in [6.45, 7) is 1.57. The van der Waals surface area contributed by atoms with Crippen LogP contribution in [0.4, 0.5) is 0 Å². The molecule has 1 unspecified atom stereocenters. The minimum atomic E-state index is -1.71. The Morgan fingerprint density at radius 3 is 2.35 bits per heavy atom. The van der Waals surface area contributed by atoms with Crippen molar-refractivity contribution in [3.8, 4) is 11.5 Å². The Hall–Kier alpha value is -3.06. The monoisotopic (exact) mass is 359 g/mol. The van der Waals surface area contributed by atoms with E-state index >= 15 is 0 Å². The molecule has 2 aromatic carbocycles. The highest BCUT2D eigenvalue weighted by molar-refractivity contribution is 5.89. The van der Waals surface area contributed by atoms with Crippen molar-refractivity contribution in [1.82, 2.24) is 0 Å². The summed E-state index contributed by atoms with van der Waals surface area (Å²) in [4.78, 5) is 23.8. The first kappa shape index (κ1) is 19.3. The first-order valence-corrected chi connectivity index (χ1v) is 8.00. The van der Waals surface area contributed by atoms with Gasteiger partial charge in [0.25, 0.3) is 0 Å². The third-order valence-corrected chi connectivity index (χ3v) is 3.95. The van der Waals surface area contributed by atoms with Crippen LogP contribution >= 0.6 is 0 Å². The second kappa shape index (κ2) is 7.88. The third kappa shape index (κ3) is 4.73. The maximum atomic E-state index is 12.1. The predicted molar refractivity (Wildman–Crippen MR) is 94.0 cm³/mol. The van der Waals surface area contributed by atoms with Crippen molar-refractivity contribution in [2.24, 2.45) is 5.73 Å². The minimum absolute atomic E-state index is 0.108. The highest BCUT2D eigenvalue weighted by Gasteiger charge is 2.37. The largest absolute Gasteiger partial charge is 0.504 e. The molecular formula is C19H21NO6. The molecule has 138 valence electrons. The Morgan fingerprint density at radius 1 is 1.12 bits per heavy atom. The molecule has 2 aromatic rings. The van der Waals surface area contributed by atoms with Crippen molar-refractivity contribution in [3.63, 3.8) is 0 Å². The zero-order valence-electron chi connectivity index (χ0n) is 14.3. The number of benzene rings is 2. The number of carboxylic acid groups (broad SMARTS) is 1. The van der Waals surface area contributed by atoms with Gasteiger partial charge in [0.1, 0.15) is 11.6 Å². The number of carbonyl (C=O) groups is 2. The molecule has 0 amide bonds. The van der Waals surface area contributed by atoms with Crippen LogP contribution in [0.5, 0.6) is 11.5 Å². The number of phenols is 2. The number of nitrogens with two attached hydrogens (primary N) is 1. The first-order chi connectivity index (χ1) is 12.2. The molecule has 0 aliphatic heterocycles. The van der Waals surface area contributed by atoms with Crippen molar-refractivity contribution >= 4 is 11.9 Å². The zero-order chi connectivity index (χ0) is 19.3. The number of hydrogen-bond acceptors (Lipinski definition) is 6. The van der Waals surface area contributed by atoms with E-state index < -0.39 is 23.6 Å². The molecule has 0 saturated heterocycles. The number of rotatable bonds is 7. The van der Waals surface area contributed by atoms with Crippen molar-refractivity contribution in [2.45, 2.75) is 31.4 Å². The molecule has 0 aliphatic rings. The van der Waals surface area contributed by atoms with Gasteiger partial charge in [-0.25, -0.2) is 4.79 Å². The zero-order valence-corrected chi connectivity index (χ0v) is 14.3. The second-order valence-corrected chi connectivity index (χ2v) is 6.25. The number of carbonyl (C=O) groups excluding carboxylic acids is 1. The van der Waals surface area contributed by atoms with E-state index in [4.69, 9.17) is 10.5 Å². The van der Waals surface area contributed by atoms with E-state index in [1.54, 1.807) is 37.3 Å². The lowest BCUT2D eigenvalue weighted by Crippen LogP contribution is -2.52. The Bertz CT molecular complexity index is 792. The van der Waals surface area contributed by atoms with E-state index in [0.29, 0.717) is 11.1 Å². The van der Waals surface area contributed by atoms with Gasteiger partial charge in [0.2, 0.25) is 0 Å². The highest BCUT2D eigenvalue weighted by atomic mass is 16.5. The summed E-state index contributed by atoms with van der Waals surface area (Å²) in [5.74, 6) is -2.49. The fourth-order valence-corrected chi connectivity index (χ4v) is 2.66. The summed E-state index contributed by atoms with van der Waals surface area (Å²) in [5.41, 5.74) is 5.13. The van der Waals surface area contributed by atoms with Crippen LogP contribution in [0.25, 0.3) is 0 Å². The van der Waals surface area contributed by atoms with Crippen LogP contribution in [-0.2, 0) is 16.0 Å². The molecule has 2 rings (SSSR count). The quantitative estimate of drug-likeness (QED) is 0.440. The van der Waals surface area contributed by atoms with E-state index in [-0.39, 0.29) is 24.3 Å². The molecule has 0 aliphatic carbocycles. The Kier molecular flexibility index (Phi) is 5.84. The van der Waals surface area contributed by atoms with Gasteiger partial charge in [-0.3, -0.25) is 4.79 Å². The molecule has 0 fully saturated rings. The number of ether oxygens (including phenoxy) is 1. The lowest BCUT2D eigenvalue weighted by Gasteiger charge is -2.28. The fraction of sp³-hybridized carbons (Fsp3) is 0.263. The molecule has 0 radical (unpaired) electrons. The van der Waals surface area contributed by atoms with Crippen LogP contribution < -0.4 is 5.73 Å². The Balaban J connectivity index is 2.09. The standard InChI is InChI=1S/C19H21NO6/c1-12(26-17(23)14-5-3-2-4-6-14)10-19(20,18(24)25)11-13-7-8-15(21)16(22)9-13/h2-9,12,21-22H,10-11,20H2,1H3,(H,24,25)/t12-,19?/m0/s1. The molecule has 0 aromatic heterocycles. The Morgan fingerprint density at radius 2 is 1.77 bits per heavy atom. The van der Waals surface area contributed by atoms with Gasteiger partial charge in [-0.05, 0) is 36.8 Å². The summed E-state index contributed by atoms with van der Waals surface area (Å²) in [7, 11) is 0. The SMILES string of the molecule is C[C@@H](CC(N)(Cc1ccc(O)c(O)c1)C(=O)O)OC(=O)c1ccccc1. The maximum Gasteiger partial charge on any atom is 0.338 e. The van der Waals surface area contributed by atoms with Gasteiger partial charge in [0, 0.05) is 12.8 Å². The van der Waals surface area contributed by atoms with E-state index in [0.717, 1.165) is 0 Å². The number of phenolic OH excluding ortho intramolecular Hbond substituents is 2. The molecule has 2 atom stereocenters. The summed E-state index contributed by atoms with van der Waals surface area (Å²) in [6, 6.07) is 12.3. The average molecular weight is 359 g/mol. The topological polar surface area (TPSA) is 130 Å². The summed E-state index contributed by atoms with van der Waals surface area (Å²) >= 11 is 0.